The van der Waals surface area contributed by atoms with E-state index in [0.717, 1.165) is 10.9 Å². The SMILES string of the molecule is CN[C@@H]1CN(c2cnc(C(=O)Nc3cc4cn(C)nc4cc3OC)cn2)C[C@@H]1F. The van der Waals surface area contributed by atoms with Crippen LogP contribution in [0.25, 0.3) is 10.9 Å². The van der Waals surface area contributed by atoms with Crippen LogP contribution in [0.1, 0.15) is 10.5 Å². The highest BCUT2D eigenvalue weighted by atomic mass is 19.1. The minimum absolute atomic E-state index is 0.156. The molecule has 0 spiro atoms. The molecular formula is C19H22FN7O2. The lowest BCUT2D eigenvalue weighted by Crippen LogP contribution is -2.34. The number of aromatic nitrogens is 4. The largest absolute Gasteiger partial charge is 0.494 e. The number of methoxy groups -OCH3 is 1. The van der Waals surface area contributed by atoms with E-state index in [1.807, 2.05) is 13.2 Å². The fraction of sp³-hybridized carbons (Fsp3) is 0.368. The summed E-state index contributed by atoms with van der Waals surface area (Å²) in [5, 5.41) is 11.0. The quantitative estimate of drug-likeness (QED) is 0.669. The minimum atomic E-state index is -0.973. The molecule has 0 radical (unpaired) electrons. The lowest BCUT2D eigenvalue weighted by Gasteiger charge is -2.16. The topological polar surface area (TPSA) is 97.2 Å². The molecule has 2 N–H and O–H groups in total. The normalized spacial score (nSPS) is 19.0. The summed E-state index contributed by atoms with van der Waals surface area (Å²) in [5.74, 6) is 0.623. The molecule has 1 aromatic carbocycles. The molecule has 152 valence electrons. The molecule has 1 aliphatic rings. The van der Waals surface area contributed by atoms with E-state index in [-0.39, 0.29) is 18.3 Å². The maximum Gasteiger partial charge on any atom is 0.275 e. The summed E-state index contributed by atoms with van der Waals surface area (Å²) in [6.07, 6.45) is 3.76. The van der Waals surface area contributed by atoms with E-state index in [0.29, 0.717) is 23.8 Å². The number of carbonyl (C=O) groups excluding carboxylic acids is 1. The average Bonchev–Trinajstić information content (AvgIpc) is 3.28. The van der Waals surface area contributed by atoms with E-state index in [1.165, 1.54) is 19.5 Å². The molecule has 1 amide bonds. The molecule has 3 heterocycles. The number of amides is 1. The Bertz CT molecular complexity index is 1040. The smallest absolute Gasteiger partial charge is 0.275 e. The summed E-state index contributed by atoms with van der Waals surface area (Å²) in [6.45, 7) is 0.744. The molecule has 3 aromatic rings. The Morgan fingerprint density at radius 1 is 1.28 bits per heavy atom. The Hall–Kier alpha value is -3.27. The average molecular weight is 399 g/mol. The molecular weight excluding hydrogens is 377 g/mol. The van der Waals surface area contributed by atoms with E-state index >= 15 is 0 Å². The highest BCUT2D eigenvalue weighted by Gasteiger charge is 2.32. The van der Waals surface area contributed by atoms with E-state index in [1.54, 1.807) is 28.8 Å². The van der Waals surface area contributed by atoms with Gasteiger partial charge in [-0.25, -0.2) is 14.4 Å². The lowest BCUT2D eigenvalue weighted by molar-refractivity contribution is 0.102. The van der Waals surface area contributed by atoms with Gasteiger partial charge in [-0.05, 0) is 13.1 Å². The predicted molar refractivity (Wildman–Crippen MR) is 107 cm³/mol. The van der Waals surface area contributed by atoms with Crippen LogP contribution in [-0.4, -0.2) is 65.1 Å². The monoisotopic (exact) mass is 399 g/mol. The van der Waals surface area contributed by atoms with Gasteiger partial charge in [0.15, 0.2) is 0 Å². The number of nitrogens with zero attached hydrogens (tertiary/aromatic N) is 5. The zero-order chi connectivity index (χ0) is 20.5. The van der Waals surface area contributed by atoms with Crippen molar-refractivity contribution in [2.45, 2.75) is 12.2 Å². The maximum absolute atomic E-state index is 13.9. The van der Waals surface area contributed by atoms with Gasteiger partial charge in [-0.3, -0.25) is 9.48 Å². The van der Waals surface area contributed by atoms with Crippen LogP contribution in [0.3, 0.4) is 0 Å². The molecule has 1 saturated heterocycles. The molecule has 1 aliphatic heterocycles. The number of aryl methyl sites for hydroxylation is 1. The van der Waals surface area contributed by atoms with Crippen molar-refractivity contribution in [1.29, 1.82) is 0 Å². The van der Waals surface area contributed by atoms with Gasteiger partial charge >= 0.3 is 0 Å². The first-order valence-electron chi connectivity index (χ1n) is 9.19. The van der Waals surface area contributed by atoms with Gasteiger partial charge in [0.05, 0.1) is 43.3 Å². The summed E-state index contributed by atoms with van der Waals surface area (Å²) in [7, 11) is 5.09. The zero-order valence-corrected chi connectivity index (χ0v) is 16.4. The van der Waals surface area contributed by atoms with Crippen LogP contribution in [0, 0.1) is 0 Å². The van der Waals surface area contributed by atoms with Crippen molar-refractivity contribution in [3.05, 3.63) is 36.4 Å². The number of alkyl halides is 1. The van der Waals surface area contributed by atoms with Gasteiger partial charge in [-0.15, -0.1) is 0 Å². The number of ether oxygens (including phenoxy) is 1. The number of anilines is 2. The van der Waals surface area contributed by atoms with Crippen LogP contribution >= 0.6 is 0 Å². The van der Waals surface area contributed by atoms with Crippen molar-refractivity contribution in [3.63, 3.8) is 0 Å². The molecule has 0 bridgehead atoms. The van der Waals surface area contributed by atoms with Gasteiger partial charge in [-0.1, -0.05) is 0 Å². The summed E-state index contributed by atoms with van der Waals surface area (Å²) >= 11 is 0. The van der Waals surface area contributed by atoms with Crippen molar-refractivity contribution >= 4 is 28.3 Å². The maximum atomic E-state index is 13.9. The Balaban J connectivity index is 1.51. The van der Waals surface area contributed by atoms with Crippen LogP contribution in [0.4, 0.5) is 15.9 Å². The molecule has 0 saturated carbocycles. The Kier molecular flexibility index (Phi) is 5.01. The van der Waals surface area contributed by atoms with Crippen LogP contribution < -0.4 is 20.3 Å². The van der Waals surface area contributed by atoms with E-state index in [9.17, 15) is 9.18 Å². The Labute approximate surface area is 166 Å². The number of hydrogen-bond donors (Lipinski definition) is 2. The summed E-state index contributed by atoms with van der Waals surface area (Å²) < 4.78 is 21.0. The lowest BCUT2D eigenvalue weighted by atomic mass is 10.2. The van der Waals surface area contributed by atoms with Gasteiger partial charge in [0, 0.05) is 31.2 Å². The van der Waals surface area contributed by atoms with E-state index in [4.69, 9.17) is 4.74 Å². The second-order valence-corrected chi connectivity index (χ2v) is 6.94. The number of fused-ring (bicyclic) bond motifs is 1. The molecule has 0 unspecified atom stereocenters. The summed E-state index contributed by atoms with van der Waals surface area (Å²) in [6, 6.07) is 3.32. The predicted octanol–water partition coefficient (Wildman–Crippen LogP) is 1.37. The zero-order valence-electron chi connectivity index (χ0n) is 16.4. The van der Waals surface area contributed by atoms with Crippen LogP contribution in [0.5, 0.6) is 5.75 Å². The molecule has 2 aromatic heterocycles. The van der Waals surface area contributed by atoms with Gasteiger partial charge in [0.2, 0.25) is 0 Å². The highest BCUT2D eigenvalue weighted by Crippen LogP contribution is 2.30. The second kappa shape index (κ2) is 7.63. The number of rotatable bonds is 5. The van der Waals surface area contributed by atoms with Gasteiger partial charge in [0.1, 0.15) is 23.4 Å². The van der Waals surface area contributed by atoms with Crippen molar-refractivity contribution in [1.82, 2.24) is 25.1 Å². The number of hydrogen-bond acceptors (Lipinski definition) is 7. The summed E-state index contributed by atoms with van der Waals surface area (Å²) in [5.41, 5.74) is 1.44. The van der Waals surface area contributed by atoms with Crippen molar-refractivity contribution in [2.75, 3.05) is 37.5 Å². The van der Waals surface area contributed by atoms with Crippen molar-refractivity contribution in [2.24, 2.45) is 7.05 Å². The molecule has 0 aliphatic carbocycles. The third-order valence-corrected chi connectivity index (χ3v) is 5.00. The Morgan fingerprint density at radius 2 is 2.10 bits per heavy atom. The van der Waals surface area contributed by atoms with Gasteiger partial charge in [0.25, 0.3) is 5.91 Å². The third kappa shape index (κ3) is 3.70. The van der Waals surface area contributed by atoms with Crippen molar-refractivity contribution in [3.8, 4) is 5.75 Å². The van der Waals surface area contributed by atoms with Crippen LogP contribution in [0.2, 0.25) is 0 Å². The second-order valence-electron chi connectivity index (χ2n) is 6.94. The first-order valence-corrected chi connectivity index (χ1v) is 9.19. The van der Waals surface area contributed by atoms with Crippen LogP contribution in [-0.2, 0) is 7.05 Å². The third-order valence-electron chi connectivity index (χ3n) is 5.00. The number of benzene rings is 1. The number of carbonyl (C=O) groups is 1. The first-order chi connectivity index (χ1) is 14.0. The summed E-state index contributed by atoms with van der Waals surface area (Å²) in [4.78, 5) is 22.9. The van der Waals surface area contributed by atoms with E-state index in [2.05, 4.69) is 25.7 Å². The van der Waals surface area contributed by atoms with Gasteiger partial charge < -0.3 is 20.3 Å². The molecule has 4 rings (SSSR count). The number of halogens is 1. The number of nitrogens with one attached hydrogen (secondary N) is 2. The standard InChI is InChI=1S/C19H22FN7O2/c1-21-16-10-27(9-12(16)20)18-7-22-15(6-23-18)19(28)24-14-4-11-8-26(2)25-13(11)5-17(14)29-3/h4-8,12,16,21H,9-10H2,1-3H3,(H,24,28)/t12-,16+/m0/s1. The Morgan fingerprint density at radius 3 is 2.76 bits per heavy atom. The van der Waals surface area contributed by atoms with Crippen molar-refractivity contribution < 1.29 is 13.9 Å². The molecule has 2 atom stereocenters. The van der Waals surface area contributed by atoms with E-state index < -0.39 is 12.1 Å². The fourth-order valence-corrected chi connectivity index (χ4v) is 3.45. The fourth-order valence-electron chi connectivity index (χ4n) is 3.45. The molecule has 1 fully saturated rings. The number of likely N-dealkylation sites (N-methyl/N-ethyl adjacent to an activating group) is 1. The first kappa shape index (κ1) is 19.1. The highest BCUT2D eigenvalue weighted by molar-refractivity contribution is 6.04. The molecule has 29 heavy (non-hydrogen) atoms. The molecule has 10 heteroatoms. The van der Waals surface area contributed by atoms with Crippen LogP contribution in [0.15, 0.2) is 30.7 Å². The minimum Gasteiger partial charge on any atom is -0.494 e. The molecule has 9 nitrogen and oxygen atoms in total. The van der Waals surface area contributed by atoms with Gasteiger partial charge in [-0.2, -0.15) is 5.10 Å².